The highest BCUT2D eigenvalue weighted by Gasteiger charge is 2.06. The molecule has 0 spiro atoms. The molecule has 2 atom stereocenters. The molecule has 1 amide bonds. The van der Waals surface area contributed by atoms with Crippen LogP contribution in [0.25, 0.3) is 0 Å². The Morgan fingerprint density at radius 1 is 1.58 bits per heavy atom. The minimum absolute atomic E-state index is 0.000549. The highest BCUT2D eigenvalue weighted by molar-refractivity contribution is 9.10. The van der Waals surface area contributed by atoms with Gasteiger partial charge in [0.1, 0.15) is 0 Å². The van der Waals surface area contributed by atoms with E-state index in [0.29, 0.717) is 6.54 Å². The quantitative estimate of drug-likeness (QED) is 0.555. The molecule has 0 heterocycles. The van der Waals surface area contributed by atoms with E-state index in [1.807, 2.05) is 0 Å². The molecule has 0 saturated carbocycles. The second-order valence-electron chi connectivity index (χ2n) is 2.90. The van der Waals surface area contributed by atoms with Gasteiger partial charge in [0.2, 0.25) is 5.91 Å². The molecule has 3 nitrogen and oxygen atoms in total. The Balaban J connectivity index is 3.26. The summed E-state index contributed by atoms with van der Waals surface area (Å²) in [5, 5.41) is 11.6. The molecular weight excluding hydrogens is 222 g/mol. The van der Waals surface area contributed by atoms with Gasteiger partial charge in [0.25, 0.3) is 0 Å². The zero-order valence-corrected chi connectivity index (χ0v) is 9.10. The molecule has 0 aromatic carbocycles. The van der Waals surface area contributed by atoms with Crippen molar-refractivity contribution in [3.05, 3.63) is 0 Å². The van der Waals surface area contributed by atoms with Crippen molar-refractivity contribution in [1.29, 1.82) is 0 Å². The minimum atomic E-state index is -0.275. The maximum absolute atomic E-state index is 11.0. The summed E-state index contributed by atoms with van der Waals surface area (Å²) in [7, 11) is 0. The zero-order valence-electron chi connectivity index (χ0n) is 7.51. The largest absolute Gasteiger partial charge is 0.393 e. The molecule has 72 valence electrons. The summed E-state index contributed by atoms with van der Waals surface area (Å²) >= 11 is 3.16. The molecular formula is C8H16BrNO2. The number of carbonyl (C=O) groups excluding carboxylic acids is 1. The van der Waals surface area contributed by atoms with Crippen molar-refractivity contribution in [1.82, 2.24) is 5.32 Å². The molecule has 0 aliphatic carbocycles. The van der Waals surface area contributed by atoms with Crippen LogP contribution in [0.15, 0.2) is 0 Å². The Morgan fingerprint density at radius 2 is 2.17 bits per heavy atom. The van der Waals surface area contributed by atoms with Crippen LogP contribution < -0.4 is 5.32 Å². The van der Waals surface area contributed by atoms with E-state index >= 15 is 0 Å². The summed E-state index contributed by atoms with van der Waals surface area (Å²) in [6.07, 6.45) is 1.28. The van der Waals surface area contributed by atoms with Gasteiger partial charge in [-0.3, -0.25) is 4.79 Å². The van der Waals surface area contributed by atoms with Crippen LogP contribution >= 0.6 is 15.9 Å². The van der Waals surface area contributed by atoms with E-state index < -0.39 is 0 Å². The van der Waals surface area contributed by atoms with Gasteiger partial charge in [-0.05, 0) is 26.7 Å². The zero-order chi connectivity index (χ0) is 9.56. The number of hydrogen-bond acceptors (Lipinski definition) is 2. The van der Waals surface area contributed by atoms with Gasteiger partial charge in [0, 0.05) is 6.54 Å². The second kappa shape index (κ2) is 6.43. The first-order valence-electron chi connectivity index (χ1n) is 4.14. The fraction of sp³-hybridized carbons (Fsp3) is 0.875. The Hall–Kier alpha value is -0.0900. The van der Waals surface area contributed by atoms with E-state index in [2.05, 4.69) is 21.2 Å². The Morgan fingerprint density at radius 3 is 2.58 bits per heavy atom. The lowest BCUT2D eigenvalue weighted by Crippen LogP contribution is -2.30. The van der Waals surface area contributed by atoms with Gasteiger partial charge in [0.05, 0.1) is 10.9 Å². The van der Waals surface area contributed by atoms with Crippen molar-refractivity contribution < 1.29 is 9.90 Å². The standard InChI is InChI=1S/C8H16BrNO2/c1-6(11)4-3-5-10-8(12)7(2)9/h6-7,11H,3-5H2,1-2H3,(H,10,12). The number of nitrogens with one attached hydrogen (secondary N) is 1. The Bertz CT molecular complexity index is 137. The van der Waals surface area contributed by atoms with Crippen LogP contribution in [-0.2, 0) is 4.79 Å². The highest BCUT2D eigenvalue weighted by Crippen LogP contribution is 1.97. The lowest BCUT2D eigenvalue weighted by molar-refractivity contribution is -0.120. The lowest BCUT2D eigenvalue weighted by Gasteiger charge is -2.07. The molecule has 0 fully saturated rings. The Kier molecular flexibility index (Phi) is 6.38. The van der Waals surface area contributed by atoms with Crippen molar-refractivity contribution >= 4 is 21.8 Å². The predicted octanol–water partition coefficient (Wildman–Crippen LogP) is 1.05. The molecule has 0 aromatic heterocycles. The molecule has 0 radical (unpaired) electrons. The number of aliphatic hydroxyl groups excluding tert-OH is 1. The van der Waals surface area contributed by atoms with Crippen LogP contribution in [0, 0.1) is 0 Å². The van der Waals surface area contributed by atoms with E-state index in [0.717, 1.165) is 12.8 Å². The molecule has 4 heteroatoms. The highest BCUT2D eigenvalue weighted by atomic mass is 79.9. The molecule has 0 rings (SSSR count). The van der Waals surface area contributed by atoms with Gasteiger partial charge in [-0.25, -0.2) is 0 Å². The van der Waals surface area contributed by atoms with E-state index in [1.165, 1.54) is 0 Å². The molecule has 0 bridgehead atoms. The van der Waals surface area contributed by atoms with Crippen molar-refractivity contribution in [3.63, 3.8) is 0 Å². The summed E-state index contributed by atoms with van der Waals surface area (Å²) in [6.45, 7) is 4.17. The van der Waals surface area contributed by atoms with Crippen LogP contribution in [-0.4, -0.2) is 28.5 Å². The predicted molar refractivity (Wildman–Crippen MR) is 52.3 cm³/mol. The van der Waals surface area contributed by atoms with E-state index in [1.54, 1.807) is 13.8 Å². The monoisotopic (exact) mass is 237 g/mol. The summed E-state index contributed by atoms with van der Waals surface area (Å²) in [5.74, 6) is 0.000549. The fourth-order valence-electron chi connectivity index (χ4n) is 0.750. The maximum Gasteiger partial charge on any atom is 0.233 e. The van der Waals surface area contributed by atoms with Gasteiger partial charge in [-0.1, -0.05) is 15.9 Å². The van der Waals surface area contributed by atoms with Crippen LogP contribution in [0.3, 0.4) is 0 Å². The minimum Gasteiger partial charge on any atom is -0.393 e. The average molecular weight is 238 g/mol. The first-order valence-corrected chi connectivity index (χ1v) is 5.05. The van der Waals surface area contributed by atoms with E-state index in [-0.39, 0.29) is 16.8 Å². The topological polar surface area (TPSA) is 49.3 Å². The number of amides is 1. The van der Waals surface area contributed by atoms with Crippen molar-refractivity contribution in [2.45, 2.75) is 37.6 Å². The Labute approximate surface area is 81.7 Å². The SMILES string of the molecule is CC(O)CCCNC(=O)C(C)Br. The lowest BCUT2D eigenvalue weighted by atomic mass is 10.2. The van der Waals surface area contributed by atoms with Crippen LogP contribution in [0.2, 0.25) is 0 Å². The maximum atomic E-state index is 11.0. The number of rotatable bonds is 5. The van der Waals surface area contributed by atoms with Crippen molar-refractivity contribution in [3.8, 4) is 0 Å². The molecule has 12 heavy (non-hydrogen) atoms. The molecule has 2 N–H and O–H groups in total. The molecule has 0 aliphatic heterocycles. The normalized spacial score (nSPS) is 15.3. The number of carbonyl (C=O) groups is 1. The molecule has 0 saturated heterocycles. The smallest absolute Gasteiger partial charge is 0.233 e. The third-order valence-electron chi connectivity index (χ3n) is 1.46. The second-order valence-corrected chi connectivity index (χ2v) is 4.27. The van der Waals surface area contributed by atoms with Gasteiger partial charge in [-0.2, -0.15) is 0 Å². The van der Waals surface area contributed by atoms with E-state index in [9.17, 15) is 4.79 Å². The first-order chi connectivity index (χ1) is 5.54. The fourth-order valence-corrected chi connectivity index (χ4v) is 0.912. The first kappa shape index (κ1) is 11.9. The van der Waals surface area contributed by atoms with Crippen molar-refractivity contribution in [2.24, 2.45) is 0 Å². The molecule has 2 unspecified atom stereocenters. The van der Waals surface area contributed by atoms with Crippen LogP contribution in [0.5, 0.6) is 0 Å². The summed E-state index contributed by atoms with van der Waals surface area (Å²) in [5.41, 5.74) is 0. The third kappa shape index (κ3) is 6.61. The van der Waals surface area contributed by atoms with Crippen LogP contribution in [0.1, 0.15) is 26.7 Å². The van der Waals surface area contributed by atoms with Gasteiger partial charge < -0.3 is 10.4 Å². The van der Waals surface area contributed by atoms with Gasteiger partial charge in [0.15, 0.2) is 0 Å². The third-order valence-corrected chi connectivity index (χ3v) is 1.88. The molecule has 0 aromatic rings. The number of alkyl halides is 1. The van der Waals surface area contributed by atoms with Crippen LogP contribution in [0.4, 0.5) is 0 Å². The molecule has 0 aliphatic rings. The summed E-state index contributed by atoms with van der Waals surface area (Å²) < 4.78 is 0. The van der Waals surface area contributed by atoms with Crippen molar-refractivity contribution in [2.75, 3.05) is 6.54 Å². The number of hydrogen-bond donors (Lipinski definition) is 2. The number of aliphatic hydroxyl groups is 1. The number of halogens is 1. The van der Waals surface area contributed by atoms with E-state index in [4.69, 9.17) is 5.11 Å². The summed E-state index contributed by atoms with van der Waals surface area (Å²) in [6, 6.07) is 0. The van der Waals surface area contributed by atoms with Gasteiger partial charge in [-0.15, -0.1) is 0 Å². The van der Waals surface area contributed by atoms with Gasteiger partial charge >= 0.3 is 0 Å². The average Bonchev–Trinajstić information content (AvgIpc) is 1.97. The summed E-state index contributed by atoms with van der Waals surface area (Å²) in [4.78, 5) is 10.8.